The van der Waals surface area contributed by atoms with E-state index in [1.807, 2.05) is 0 Å². The third kappa shape index (κ3) is 4.14. The Labute approximate surface area is 109 Å². The molecular formula is C13H24N2O3. The summed E-state index contributed by atoms with van der Waals surface area (Å²) in [4.78, 5) is 13.9. The fourth-order valence-corrected chi connectivity index (χ4v) is 2.59. The van der Waals surface area contributed by atoms with Gasteiger partial charge in [-0.15, -0.1) is 0 Å². The van der Waals surface area contributed by atoms with Crippen molar-refractivity contribution < 1.29 is 14.3 Å². The third-order valence-electron chi connectivity index (χ3n) is 3.72. The van der Waals surface area contributed by atoms with Crippen molar-refractivity contribution in [2.75, 3.05) is 32.8 Å². The zero-order chi connectivity index (χ0) is 12.8. The van der Waals surface area contributed by atoms with Crippen LogP contribution < -0.4 is 5.32 Å². The summed E-state index contributed by atoms with van der Waals surface area (Å²) in [6, 6.07) is 0. The van der Waals surface area contributed by atoms with E-state index < -0.39 is 0 Å². The molecule has 18 heavy (non-hydrogen) atoms. The fraction of sp³-hybridized carbons (Fsp3) is 0.923. The van der Waals surface area contributed by atoms with Crippen LogP contribution in [0.2, 0.25) is 0 Å². The SMILES string of the molecule is CCN1CCOC(CNC(=O)OC2CCCC2)C1. The van der Waals surface area contributed by atoms with Crippen LogP contribution in [0.3, 0.4) is 0 Å². The van der Waals surface area contributed by atoms with E-state index in [1.165, 1.54) is 12.8 Å². The molecule has 1 saturated carbocycles. The summed E-state index contributed by atoms with van der Waals surface area (Å²) < 4.78 is 11.0. The van der Waals surface area contributed by atoms with Gasteiger partial charge in [-0.25, -0.2) is 4.79 Å². The van der Waals surface area contributed by atoms with E-state index in [0.717, 1.165) is 39.1 Å². The predicted molar refractivity (Wildman–Crippen MR) is 68.6 cm³/mol. The number of rotatable bonds is 4. The van der Waals surface area contributed by atoms with E-state index in [9.17, 15) is 4.79 Å². The lowest BCUT2D eigenvalue weighted by Crippen LogP contribution is -2.47. The molecule has 0 bridgehead atoms. The first-order valence-electron chi connectivity index (χ1n) is 7.06. The number of likely N-dealkylation sites (N-methyl/N-ethyl adjacent to an activating group) is 1. The Morgan fingerprint density at radius 2 is 2.22 bits per heavy atom. The number of alkyl carbamates (subject to hydrolysis) is 1. The molecule has 1 unspecified atom stereocenters. The van der Waals surface area contributed by atoms with Gasteiger partial charge in [0.05, 0.1) is 12.7 Å². The van der Waals surface area contributed by atoms with Gasteiger partial charge in [-0.05, 0) is 32.2 Å². The Bertz CT molecular complexity index is 267. The van der Waals surface area contributed by atoms with E-state index >= 15 is 0 Å². The number of amides is 1. The Hall–Kier alpha value is -0.810. The van der Waals surface area contributed by atoms with Crippen molar-refractivity contribution in [3.8, 4) is 0 Å². The lowest BCUT2D eigenvalue weighted by molar-refractivity contribution is -0.0256. The highest BCUT2D eigenvalue weighted by Crippen LogP contribution is 2.20. The van der Waals surface area contributed by atoms with Crippen LogP contribution >= 0.6 is 0 Å². The number of nitrogens with zero attached hydrogens (tertiary/aromatic N) is 1. The average molecular weight is 256 g/mol. The number of ether oxygens (including phenoxy) is 2. The minimum absolute atomic E-state index is 0.0924. The van der Waals surface area contributed by atoms with Crippen LogP contribution in [0.4, 0.5) is 4.79 Å². The molecule has 0 aromatic rings. The molecule has 104 valence electrons. The second kappa shape index (κ2) is 6.95. The average Bonchev–Trinajstić information content (AvgIpc) is 2.89. The van der Waals surface area contributed by atoms with E-state index in [1.54, 1.807) is 0 Å². The van der Waals surface area contributed by atoms with Gasteiger partial charge in [0.15, 0.2) is 0 Å². The molecule has 1 amide bonds. The van der Waals surface area contributed by atoms with Crippen LogP contribution in [0.5, 0.6) is 0 Å². The highest BCUT2D eigenvalue weighted by molar-refractivity contribution is 5.67. The summed E-state index contributed by atoms with van der Waals surface area (Å²) in [5, 5.41) is 2.81. The first-order chi connectivity index (χ1) is 8.78. The standard InChI is InChI=1S/C13H24N2O3/c1-2-15-7-8-17-12(10-15)9-14-13(16)18-11-5-3-4-6-11/h11-12H,2-10H2,1H3,(H,14,16). The van der Waals surface area contributed by atoms with Gasteiger partial charge in [0.25, 0.3) is 0 Å². The van der Waals surface area contributed by atoms with Gasteiger partial charge in [-0.3, -0.25) is 4.90 Å². The molecule has 0 radical (unpaired) electrons. The zero-order valence-electron chi connectivity index (χ0n) is 11.2. The van der Waals surface area contributed by atoms with Crippen LogP contribution in [-0.2, 0) is 9.47 Å². The number of carbonyl (C=O) groups is 1. The molecule has 0 spiro atoms. The maximum Gasteiger partial charge on any atom is 0.407 e. The summed E-state index contributed by atoms with van der Waals surface area (Å²) in [5.41, 5.74) is 0. The molecular weight excluding hydrogens is 232 g/mol. The quantitative estimate of drug-likeness (QED) is 0.825. The van der Waals surface area contributed by atoms with Crippen molar-refractivity contribution in [2.24, 2.45) is 0 Å². The van der Waals surface area contributed by atoms with Gasteiger partial charge >= 0.3 is 6.09 Å². The second-order valence-electron chi connectivity index (χ2n) is 5.08. The molecule has 0 aromatic carbocycles. The summed E-state index contributed by atoms with van der Waals surface area (Å²) in [5.74, 6) is 0. The Morgan fingerprint density at radius 3 is 2.94 bits per heavy atom. The normalized spacial score (nSPS) is 26.2. The molecule has 1 aliphatic heterocycles. The van der Waals surface area contributed by atoms with Crippen LogP contribution in [0.25, 0.3) is 0 Å². The molecule has 5 heteroatoms. The Morgan fingerprint density at radius 1 is 1.44 bits per heavy atom. The lowest BCUT2D eigenvalue weighted by Gasteiger charge is -2.32. The van der Waals surface area contributed by atoms with E-state index in [4.69, 9.17) is 9.47 Å². The van der Waals surface area contributed by atoms with Gasteiger partial charge < -0.3 is 14.8 Å². The Balaban J connectivity index is 1.62. The van der Waals surface area contributed by atoms with Crippen molar-refractivity contribution in [2.45, 2.75) is 44.8 Å². The maximum atomic E-state index is 11.6. The predicted octanol–water partition coefficient (Wildman–Crippen LogP) is 1.38. The molecule has 1 heterocycles. The molecule has 1 aliphatic carbocycles. The van der Waals surface area contributed by atoms with E-state index in [0.29, 0.717) is 6.54 Å². The van der Waals surface area contributed by atoms with Crippen molar-refractivity contribution >= 4 is 6.09 Å². The topological polar surface area (TPSA) is 50.8 Å². The molecule has 2 rings (SSSR count). The maximum absolute atomic E-state index is 11.6. The highest BCUT2D eigenvalue weighted by Gasteiger charge is 2.22. The molecule has 0 aromatic heterocycles. The van der Waals surface area contributed by atoms with Crippen molar-refractivity contribution in [1.29, 1.82) is 0 Å². The molecule has 5 nitrogen and oxygen atoms in total. The molecule has 1 atom stereocenters. The number of hydrogen-bond donors (Lipinski definition) is 1. The van der Waals surface area contributed by atoms with Crippen molar-refractivity contribution in [3.63, 3.8) is 0 Å². The monoisotopic (exact) mass is 256 g/mol. The molecule has 1 saturated heterocycles. The number of morpholine rings is 1. The van der Waals surface area contributed by atoms with Crippen LogP contribution in [0, 0.1) is 0 Å². The summed E-state index contributed by atoms with van der Waals surface area (Å²) in [6.45, 7) is 6.34. The summed E-state index contributed by atoms with van der Waals surface area (Å²) in [6.07, 6.45) is 4.30. The number of nitrogens with one attached hydrogen (secondary N) is 1. The first-order valence-corrected chi connectivity index (χ1v) is 7.06. The van der Waals surface area contributed by atoms with Gasteiger partial charge in [0.1, 0.15) is 6.10 Å². The zero-order valence-corrected chi connectivity index (χ0v) is 11.2. The Kier molecular flexibility index (Phi) is 5.26. The van der Waals surface area contributed by atoms with E-state index in [2.05, 4.69) is 17.1 Å². The van der Waals surface area contributed by atoms with Gasteiger partial charge in [-0.1, -0.05) is 6.92 Å². The van der Waals surface area contributed by atoms with Crippen molar-refractivity contribution in [1.82, 2.24) is 10.2 Å². The molecule has 2 aliphatic rings. The van der Waals surface area contributed by atoms with Gasteiger partial charge in [0, 0.05) is 19.6 Å². The minimum Gasteiger partial charge on any atom is -0.446 e. The fourth-order valence-electron chi connectivity index (χ4n) is 2.59. The number of hydrogen-bond acceptors (Lipinski definition) is 4. The number of carbonyl (C=O) groups excluding carboxylic acids is 1. The highest BCUT2D eigenvalue weighted by atomic mass is 16.6. The van der Waals surface area contributed by atoms with E-state index in [-0.39, 0.29) is 18.3 Å². The minimum atomic E-state index is -0.292. The van der Waals surface area contributed by atoms with Gasteiger partial charge in [-0.2, -0.15) is 0 Å². The van der Waals surface area contributed by atoms with Crippen LogP contribution in [0.15, 0.2) is 0 Å². The van der Waals surface area contributed by atoms with Crippen LogP contribution in [0.1, 0.15) is 32.6 Å². The largest absolute Gasteiger partial charge is 0.446 e. The second-order valence-corrected chi connectivity index (χ2v) is 5.08. The molecule has 1 N–H and O–H groups in total. The van der Waals surface area contributed by atoms with Crippen molar-refractivity contribution in [3.05, 3.63) is 0 Å². The van der Waals surface area contributed by atoms with Crippen LogP contribution in [-0.4, -0.2) is 56.0 Å². The smallest absolute Gasteiger partial charge is 0.407 e. The van der Waals surface area contributed by atoms with Gasteiger partial charge in [0.2, 0.25) is 0 Å². The first kappa shape index (κ1) is 13.6. The lowest BCUT2D eigenvalue weighted by atomic mass is 10.2. The molecule has 2 fully saturated rings. The summed E-state index contributed by atoms with van der Waals surface area (Å²) >= 11 is 0. The summed E-state index contributed by atoms with van der Waals surface area (Å²) in [7, 11) is 0. The third-order valence-corrected chi connectivity index (χ3v) is 3.72.